The summed E-state index contributed by atoms with van der Waals surface area (Å²) in [5, 5.41) is 16.2. The van der Waals surface area contributed by atoms with Gasteiger partial charge in [0.05, 0.1) is 12.3 Å². The van der Waals surface area contributed by atoms with E-state index in [0.29, 0.717) is 12.5 Å². The number of aliphatic imine (C=N–C) groups is 1. The number of anilines is 1. The molecule has 0 saturated carbocycles. The van der Waals surface area contributed by atoms with E-state index in [1.165, 1.54) is 11.1 Å². The summed E-state index contributed by atoms with van der Waals surface area (Å²) in [5.41, 5.74) is 5.42. The smallest absolute Gasteiger partial charge is 0.119 e. The highest BCUT2D eigenvalue weighted by molar-refractivity contribution is 5.76. The minimum Gasteiger partial charge on any atom is -0.508 e. The van der Waals surface area contributed by atoms with Crippen LogP contribution in [-0.2, 0) is 12.8 Å². The van der Waals surface area contributed by atoms with E-state index in [0.717, 1.165) is 61.5 Å². The van der Waals surface area contributed by atoms with E-state index in [-0.39, 0.29) is 5.75 Å². The predicted molar refractivity (Wildman–Crippen MR) is 145 cm³/mol. The Hall–Kier alpha value is -3.57. The molecular formula is C30H35N3O2. The quantitative estimate of drug-likeness (QED) is 0.250. The number of rotatable bonds is 10. The van der Waals surface area contributed by atoms with E-state index in [2.05, 4.69) is 60.2 Å². The molecule has 5 nitrogen and oxygen atoms in total. The molecule has 0 spiro atoms. The molecule has 3 N–H and O–H groups in total. The van der Waals surface area contributed by atoms with E-state index in [9.17, 15) is 5.11 Å². The number of piperidine rings is 1. The van der Waals surface area contributed by atoms with Crippen molar-refractivity contribution in [2.45, 2.75) is 32.6 Å². The van der Waals surface area contributed by atoms with Crippen molar-refractivity contribution in [3.8, 4) is 11.5 Å². The second-order valence-electron chi connectivity index (χ2n) is 8.88. The van der Waals surface area contributed by atoms with Gasteiger partial charge in [0.2, 0.25) is 0 Å². The molecule has 0 radical (unpaired) electrons. The summed E-state index contributed by atoms with van der Waals surface area (Å²) in [4.78, 5) is 4.85. The number of phenols is 1. The Morgan fingerprint density at radius 1 is 0.971 bits per heavy atom. The first-order chi connectivity index (χ1) is 17.2. The van der Waals surface area contributed by atoms with Gasteiger partial charge in [0.15, 0.2) is 0 Å². The largest absolute Gasteiger partial charge is 0.508 e. The number of hydrogen-bond donors (Lipinski definition) is 3. The zero-order valence-electron chi connectivity index (χ0n) is 20.4. The predicted octanol–water partition coefficient (Wildman–Crippen LogP) is 6.06. The summed E-state index contributed by atoms with van der Waals surface area (Å²) in [7, 11) is 0. The molecule has 3 aromatic rings. The van der Waals surface area contributed by atoms with Gasteiger partial charge >= 0.3 is 0 Å². The third-order valence-electron chi connectivity index (χ3n) is 6.29. The van der Waals surface area contributed by atoms with Crippen molar-refractivity contribution in [3.05, 3.63) is 95.7 Å². The number of ether oxygens (including phenoxy) is 1. The van der Waals surface area contributed by atoms with Crippen LogP contribution < -0.4 is 15.4 Å². The van der Waals surface area contributed by atoms with Crippen molar-refractivity contribution < 1.29 is 9.84 Å². The lowest BCUT2D eigenvalue weighted by Crippen LogP contribution is -2.28. The fourth-order valence-electron chi connectivity index (χ4n) is 4.03. The van der Waals surface area contributed by atoms with E-state index in [1.54, 1.807) is 12.1 Å². The number of nitrogens with zero attached hydrogens (tertiary/aromatic N) is 1. The van der Waals surface area contributed by atoms with Crippen LogP contribution in [0.1, 0.15) is 36.5 Å². The molecule has 3 aromatic carbocycles. The van der Waals surface area contributed by atoms with E-state index >= 15 is 0 Å². The molecule has 182 valence electrons. The van der Waals surface area contributed by atoms with Gasteiger partial charge < -0.3 is 20.5 Å². The van der Waals surface area contributed by atoms with Gasteiger partial charge in [0.1, 0.15) is 11.5 Å². The van der Waals surface area contributed by atoms with Crippen LogP contribution in [0.4, 0.5) is 5.69 Å². The fraction of sp³-hybridized carbons (Fsp3) is 0.300. The molecule has 1 aliphatic heterocycles. The van der Waals surface area contributed by atoms with Crippen LogP contribution >= 0.6 is 0 Å². The molecule has 0 bridgehead atoms. The first kappa shape index (κ1) is 24.6. The zero-order valence-corrected chi connectivity index (χ0v) is 20.4. The van der Waals surface area contributed by atoms with Crippen molar-refractivity contribution in [2.24, 2.45) is 10.9 Å². The molecule has 1 aliphatic rings. The van der Waals surface area contributed by atoms with Crippen LogP contribution in [0.2, 0.25) is 0 Å². The van der Waals surface area contributed by atoms with Crippen LogP contribution in [-0.4, -0.2) is 31.0 Å². The molecular weight excluding hydrogens is 434 g/mol. The summed E-state index contributed by atoms with van der Waals surface area (Å²) in [6.07, 6.45) is 8.16. The van der Waals surface area contributed by atoms with Crippen molar-refractivity contribution in [1.82, 2.24) is 5.32 Å². The van der Waals surface area contributed by atoms with Crippen LogP contribution in [0, 0.1) is 5.92 Å². The third kappa shape index (κ3) is 7.72. The maximum Gasteiger partial charge on any atom is 0.119 e. The number of hydrogen-bond acceptors (Lipinski definition) is 5. The minimum atomic E-state index is 0.247. The highest BCUT2D eigenvalue weighted by atomic mass is 16.5. The lowest BCUT2D eigenvalue weighted by molar-refractivity contribution is 0.322. The number of phenolic OH excluding ortho intramolecular Hbond substituents is 1. The number of nitrogens with one attached hydrogen (secondary N) is 2. The Balaban J connectivity index is 1.40. The Morgan fingerprint density at radius 2 is 1.66 bits per heavy atom. The highest BCUT2D eigenvalue weighted by Gasteiger charge is 2.11. The molecule has 1 heterocycles. The summed E-state index contributed by atoms with van der Waals surface area (Å²) in [6.45, 7) is 4.89. The Morgan fingerprint density at radius 3 is 2.34 bits per heavy atom. The number of aryl methyl sites for hydroxylation is 1. The maximum atomic E-state index is 9.53. The standard InChI is InChI=1S/C30H35N3O2/c1-2-23-3-5-24(6-4-23)17-20-35-29-13-7-26(8-14-29)30(33-21-25-15-18-31-19-16-25)22-32-27-9-11-28(34)12-10-27/h3-14,21-22,25,31-32,34H,2,15-20H2,1H3/b30-22-,33-21?. The second kappa shape index (κ2) is 12.8. The van der Waals surface area contributed by atoms with Crippen LogP contribution in [0.25, 0.3) is 5.70 Å². The van der Waals surface area contributed by atoms with Gasteiger partial charge in [0.25, 0.3) is 0 Å². The molecule has 0 aromatic heterocycles. The van der Waals surface area contributed by atoms with E-state index < -0.39 is 0 Å². The lowest BCUT2D eigenvalue weighted by atomic mass is 10.00. The number of benzene rings is 3. The molecule has 5 heteroatoms. The molecule has 4 rings (SSSR count). The summed E-state index contributed by atoms with van der Waals surface area (Å²) < 4.78 is 5.99. The zero-order chi connectivity index (χ0) is 24.3. The van der Waals surface area contributed by atoms with Gasteiger partial charge in [-0.25, -0.2) is 0 Å². The molecule has 35 heavy (non-hydrogen) atoms. The number of aromatic hydroxyl groups is 1. The van der Waals surface area contributed by atoms with Crippen molar-refractivity contribution >= 4 is 17.6 Å². The van der Waals surface area contributed by atoms with E-state index in [1.807, 2.05) is 30.5 Å². The SMILES string of the molecule is CCc1ccc(CCOc2ccc(/C(=C/Nc3ccc(O)cc3)N=CC3CCNCC3)cc2)cc1. The fourth-order valence-corrected chi connectivity index (χ4v) is 4.03. The summed E-state index contributed by atoms with van der Waals surface area (Å²) in [6, 6.07) is 23.9. The third-order valence-corrected chi connectivity index (χ3v) is 6.29. The normalized spacial score (nSPS) is 14.8. The second-order valence-corrected chi connectivity index (χ2v) is 8.88. The van der Waals surface area contributed by atoms with Crippen molar-refractivity contribution in [3.63, 3.8) is 0 Å². The summed E-state index contributed by atoms with van der Waals surface area (Å²) >= 11 is 0. The average Bonchev–Trinajstić information content (AvgIpc) is 2.91. The van der Waals surface area contributed by atoms with Gasteiger partial charge in [-0.15, -0.1) is 0 Å². The highest BCUT2D eigenvalue weighted by Crippen LogP contribution is 2.22. The van der Waals surface area contributed by atoms with Crippen molar-refractivity contribution in [2.75, 3.05) is 25.0 Å². The first-order valence-electron chi connectivity index (χ1n) is 12.5. The van der Waals surface area contributed by atoms with Crippen LogP contribution in [0.3, 0.4) is 0 Å². The molecule has 0 atom stereocenters. The average molecular weight is 470 g/mol. The van der Waals surface area contributed by atoms with Gasteiger partial charge in [-0.3, -0.25) is 4.99 Å². The molecule has 0 aliphatic carbocycles. The molecule has 0 amide bonds. The van der Waals surface area contributed by atoms with E-state index in [4.69, 9.17) is 9.73 Å². The monoisotopic (exact) mass is 469 g/mol. The Bertz CT molecular complexity index is 1100. The van der Waals surface area contributed by atoms with Crippen molar-refractivity contribution in [1.29, 1.82) is 0 Å². The molecule has 0 unspecified atom stereocenters. The lowest BCUT2D eigenvalue weighted by Gasteiger charge is -2.18. The van der Waals surface area contributed by atoms with Gasteiger partial charge in [-0.05, 0) is 97.9 Å². The van der Waals surface area contributed by atoms with Gasteiger partial charge in [0, 0.05) is 30.1 Å². The summed E-state index contributed by atoms with van der Waals surface area (Å²) in [5.74, 6) is 1.59. The van der Waals surface area contributed by atoms with Crippen LogP contribution in [0.5, 0.6) is 11.5 Å². The Labute approximate surface area is 208 Å². The van der Waals surface area contributed by atoms with Gasteiger partial charge in [-0.1, -0.05) is 31.2 Å². The Kier molecular flexibility index (Phi) is 8.96. The topological polar surface area (TPSA) is 65.9 Å². The van der Waals surface area contributed by atoms with Gasteiger partial charge in [-0.2, -0.15) is 0 Å². The maximum absolute atomic E-state index is 9.53. The molecule has 1 fully saturated rings. The minimum absolute atomic E-state index is 0.247. The van der Waals surface area contributed by atoms with Crippen LogP contribution in [0.15, 0.2) is 84.0 Å². The molecule has 1 saturated heterocycles. The first-order valence-corrected chi connectivity index (χ1v) is 12.5.